The molecule has 5 aromatic rings. The van der Waals surface area contributed by atoms with Crippen molar-refractivity contribution in [3.63, 3.8) is 0 Å². The van der Waals surface area contributed by atoms with Gasteiger partial charge in [0, 0.05) is 61.9 Å². The highest BCUT2D eigenvalue weighted by Crippen LogP contribution is 2.41. The number of carbonyl (C=O) groups excluding carboxylic acids is 3. The van der Waals surface area contributed by atoms with E-state index in [1.807, 2.05) is 24.3 Å². The van der Waals surface area contributed by atoms with E-state index in [0.29, 0.717) is 32.5 Å². The Bertz CT molecular complexity index is 2120. The SMILES string of the molecule is COc1cc2c(cc1OC(=O)N(C)CCNC(=O)CCC(=O)On1c(O)ccc1O)c(=O)n(C)c1c3cc4c(cc3ccc21)OCO4. The molecule has 0 bridgehead atoms. The fraction of sp³-hybridized carbons (Fsp3) is 0.250. The normalized spacial score (nSPS) is 12.0. The number of nitrogens with zero attached hydrogens (tertiary/aromatic N) is 3. The van der Waals surface area contributed by atoms with Crippen LogP contribution in [0.2, 0.25) is 0 Å². The van der Waals surface area contributed by atoms with Gasteiger partial charge in [0.05, 0.1) is 24.4 Å². The number of aryl methyl sites for hydroxylation is 1. The van der Waals surface area contributed by atoms with Crippen LogP contribution in [0.25, 0.3) is 32.4 Å². The molecule has 0 saturated heterocycles. The predicted molar refractivity (Wildman–Crippen MR) is 167 cm³/mol. The van der Waals surface area contributed by atoms with Gasteiger partial charge < -0.3 is 48.8 Å². The summed E-state index contributed by atoms with van der Waals surface area (Å²) in [6.45, 7) is 0.241. The molecule has 2 amide bonds. The summed E-state index contributed by atoms with van der Waals surface area (Å²) in [4.78, 5) is 56.7. The second-order valence-electron chi connectivity index (χ2n) is 10.7. The zero-order valence-electron chi connectivity index (χ0n) is 25.6. The van der Waals surface area contributed by atoms with Gasteiger partial charge in [-0.05, 0) is 29.7 Å². The van der Waals surface area contributed by atoms with Crippen LogP contribution in [0.5, 0.6) is 34.8 Å². The van der Waals surface area contributed by atoms with Crippen molar-refractivity contribution in [1.82, 2.24) is 19.5 Å². The van der Waals surface area contributed by atoms with E-state index in [9.17, 15) is 29.4 Å². The van der Waals surface area contributed by atoms with Crippen LogP contribution >= 0.6 is 0 Å². The molecule has 1 aliphatic heterocycles. The largest absolute Gasteiger partial charge is 0.493 e. The third-order valence-electron chi connectivity index (χ3n) is 7.77. The highest BCUT2D eigenvalue weighted by atomic mass is 16.7. The van der Waals surface area contributed by atoms with Gasteiger partial charge in [0.25, 0.3) is 5.56 Å². The third kappa shape index (κ3) is 5.85. The molecule has 0 aliphatic carbocycles. The zero-order chi connectivity index (χ0) is 33.4. The molecule has 3 heterocycles. The molecule has 0 atom stereocenters. The number of pyridine rings is 1. The van der Waals surface area contributed by atoms with Crippen LogP contribution in [0.4, 0.5) is 4.79 Å². The second kappa shape index (κ2) is 12.3. The monoisotopic (exact) mass is 646 g/mol. The van der Waals surface area contributed by atoms with Crippen molar-refractivity contribution < 1.29 is 48.4 Å². The lowest BCUT2D eigenvalue weighted by Crippen LogP contribution is -2.37. The third-order valence-corrected chi connectivity index (χ3v) is 7.77. The first-order valence-electron chi connectivity index (χ1n) is 14.4. The van der Waals surface area contributed by atoms with E-state index >= 15 is 0 Å². The first-order chi connectivity index (χ1) is 22.5. The lowest BCUT2D eigenvalue weighted by Gasteiger charge is -2.19. The number of rotatable bonds is 9. The fourth-order valence-corrected chi connectivity index (χ4v) is 5.33. The van der Waals surface area contributed by atoms with Crippen LogP contribution in [0.3, 0.4) is 0 Å². The Kier molecular flexibility index (Phi) is 8.11. The molecule has 1 aliphatic rings. The summed E-state index contributed by atoms with van der Waals surface area (Å²) in [6, 6.07) is 13.0. The fourth-order valence-electron chi connectivity index (χ4n) is 5.33. The molecule has 15 nitrogen and oxygen atoms in total. The number of ether oxygens (including phenoxy) is 4. The van der Waals surface area contributed by atoms with Crippen LogP contribution in [0, 0.1) is 0 Å². The maximum absolute atomic E-state index is 13.6. The first-order valence-corrected chi connectivity index (χ1v) is 14.4. The van der Waals surface area contributed by atoms with Gasteiger partial charge in [-0.3, -0.25) is 9.59 Å². The number of fused-ring (bicyclic) bond motifs is 6. The molecule has 3 N–H and O–H groups in total. The minimum absolute atomic E-state index is 0.0415. The van der Waals surface area contributed by atoms with Crippen molar-refractivity contribution in [2.75, 3.05) is 34.0 Å². The standard InChI is InChI=1S/C32H30N4O11/c1-34(11-10-33-26(37)6-9-29(40)47-36-27(38)7-8-28(36)39)32(42)46-25-15-21-20(14-22(25)43-3)18-5-4-17-12-23-24(45-16-44-23)13-19(17)30(18)35(2)31(21)41/h4-5,7-8,12-15,38-39H,6,9-11,16H2,1-3H3,(H,33,37). The van der Waals surface area contributed by atoms with Crippen LogP contribution in [-0.2, 0) is 16.6 Å². The van der Waals surface area contributed by atoms with E-state index in [0.717, 1.165) is 28.3 Å². The number of aromatic nitrogens is 2. The maximum atomic E-state index is 13.6. The van der Waals surface area contributed by atoms with Gasteiger partial charge in [-0.2, -0.15) is 0 Å². The molecule has 0 unspecified atom stereocenters. The van der Waals surface area contributed by atoms with Crippen molar-refractivity contribution in [3.8, 4) is 34.8 Å². The van der Waals surface area contributed by atoms with E-state index in [4.69, 9.17) is 23.8 Å². The number of amides is 2. The summed E-state index contributed by atoms with van der Waals surface area (Å²) in [5.74, 6) is -0.775. The van der Waals surface area contributed by atoms with E-state index in [2.05, 4.69) is 5.32 Å². The van der Waals surface area contributed by atoms with Crippen LogP contribution in [0.1, 0.15) is 12.8 Å². The Morgan fingerprint density at radius 3 is 2.34 bits per heavy atom. The summed E-state index contributed by atoms with van der Waals surface area (Å²) < 4.78 is 24.3. The summed E-state index contributed by atoms with van der Waals surface area (Å²) >= 11 is 0. The number of likely N-dealkylation sites (N-methyl/N-ethyl adjacent to an activating group) is 1. The van der Waals surface area contributed by atoms with Crippen LogP contribution in [0.15, 0.2) is 53.3 Å². The first kappa shape index (κ1) is 30.9. The van der Waals surface area contributed by atoms with E-state index in [1.165, 1.54) is 25.1 Å². The lowest BCUT2D eigenvalue weighted by atomic mass is 10.00. The minimum atomic E-state index is -0.851. The Balaban J connectivity index is 1.13. The molecule has 0 fully saturated rings. The molecular weight excluding hydrogens is 616 g/mol. The number of nitrogens with one attached hydrogen (secondary N) is 1. The number of carbonyl (C=O) groups is 3. The quantitative estimate of drug-likeness (QED) is 0.201. The van der Waals surface area contributed by atoms with Crippen molar-refractivity contribution in [1.29, 1.82) is 0 Å². The highest BCUT2D eigenvalue weighted by molar-refractivity contribution is 6.16. The van der Waals surface area contributed by atoms with Gasteiger partial charge in [-0.1, -0.05) is 12.1 Å². The molecule has 244 valence electrons. The van der Waals surface area contributed by atoms with E-state index < -0.39 is 29.7 Å². The van der Waals surface area contributed by atoms with Gasteiger partial charge in [0.2, 0.25) is 24.5 Å². The van der Waals surface area contributed by atoms with Gasteiger partial charge in [-0.25, -0.2) is 9.59 Å². The number of benzene rings is 3. The second-order valence-corrected chi connectivity index (χ2v) is 10.7. The Morgan fingerprint density at radius 1 is 0.915 bits per heavy atom. The average Bonchev–Trinajstić information content (AvgIpc) is 3.65. The zero-order valence-corrected chi connectivity index (χ0v) is 25.6. The summed E-state index contributed by atoms with van der Waals surface area (Å²) in [7, 11) is 4.57. The Hall–Kier alpha value is -6.12. The number of aromatic hydroxyl groups is 2. The number of hydrogen-bond acceptors (Lipinski definition) is 11. The number of hydrogen-bond donors (Lipinski definition) is 3. The number of methoxy groups -OCH3 is 1. The summed E-state index contributed by atoms with van der Waals surface area (Å²) in [6.07, 6.45) is -1.31. The molecule has 47 heavy (non-hydrogen) atoms. The topological polar surface area (TPSA) is 180 Å². The molecule has 0 radical (unpaired) electrons. The van der Waals surface area contributed by atoms with Crippen LogP contribution in [-0.4, -0.2) is 76.4 Å². The van der Waals surface area contributed by atoms with Gasteiger partial charge in [-0.15, -0.1) is 4.73 Å². The molecular formula is C32H30N4O11. The molecule has 15 heteroatoms. The van der Waals surface area contributed by atoms with Gasteiger partial charge in [0.1, 0.15) is 0 Å². The minimum Gasteiger partial charge on any atom is -0.493 e. The Labute approximate surface area is 265 Å². The lowest BCUT2D eigenvalue weighted by molar-refractivity contribution is -0.146. The molecule has 0 saturated carbocycles. The van der Waals surface area contributed by atoms with Crippen LogP contribution < -0.4 is 34.7 Å². The van der Waals surface area contributed by atoms with Crippen molar-refractivity contribution >= 4 is 50.4 Å². The van der Waals surface area contributed by atoms with E-state index in [1.54, 1.807) is 17.7 Å². The smallest absolute Gasteiger partial charge is 0.415 e. The molecule has 3 aromatic carbocycles. The predicted octanol–water partition coefficient (Wildman–Crippen LogP) is 2.78. The molecule has 6 rings (SSSR count). The van der Waals surface area contributed by atoms with Gasteiger partial charge in [0.15, 0.2) is 23.0 Å². The van der Waals surface area contributed by atoms with Crippen molar-refractivity contribution in [2.24, 2.45) is 7.05 Å². The maximum Gasteiger partial charge on any atom is 0.415 e. The highest BCUT2D eigenvalue weighted by Gasteiger charge is 2.21. The van der Waals surface area contributed by atoms with E-state index in [-0.39, 0.29) is 49.8 Å². The Morgan fingerprint density at radius 2 is 1.62 bits per heavy atom. The van der Waals surface area contributed by atoms with Crippen molar-refractivity contribution in [3.05, 3.63) is 58.9 Å². The van der Waals surface area contributed by atoms with Crippen molar-refractivity contribution in [2.45, 2.75) is 12.8 Å². The average molecular weight is 647 g/mol. The molecule has 0 spiro atoms. The molecule has 2 aromatic heterocycles. The summed E-state index contributed by atoms with van der Waals surface area (Å²) in [5.41, 5.74) is 0.391. The summed E-state index contributed by atoms with van der Waals surface area (Å²) in [5, 5.41) is 25.1. The van der Waals surface area contributed by atoms with Gasteiger partial charge >= 0.3 is 12.1 Å².